The molecule has 0 unspecified atom stereocenters. The number of rotatable bonds is 4. The number of hydrogen-bond acceptors (Lipinski definition) is 2. The van der Waals surface area contributed by atoms with Crippen molar-refractivity contribution in [1.29, 1.82) is 0 Å². The number of methoxy groups -OCH3 is 1. The third kappa shape index (κ3) is 3.06. The summed E-state index contributed by atoms with van der Waals surface area (Å²) in [6, 6.07) is 4.81. The highest BCUT2D eigenvalue weighted by Gasteiger charge is 2.05. The molecule has 0 radical (unpaired) electrons. The molecule has 0 aliphatic carbocycles. The van der Waals surface area contributed by atoms with Crippen molar-refractivity contribution in [1.82, 2.24) is 0 Å². The Bertz CT molecular complexity index is 258. The van der Waals surface area contributed by atoms with Crippen molar-refractivity contribution in [2.75, 3.05) is 13.9 Å². The molecule has 1 rings (SSSR count). The largest absolute Gasteiger partial charge is 0.359 e. The Morgan fingerprint density at radius 3 is 2.85 bits per heavy atom. The van der Waals surface area contributed by atoms with Gasteiger partial charge >= 0.3 is 0 Å². The van der Waals surface area contributed by atoms with Crippen LogP contribution in [0.2, 0.25) is 0 Å². The average Bonchev–Trinajstić information content (AvgIpc) is 2.10. The molecule has 0 fully saturated rings. The van der Waals surface area contributed by atoms with E-state index in [0.29, 0.717) is 10.0 Å². The van der Waals surface area contributed by atoms with E-state index in [1.54, 1.807) is 12.1 Å². The first-order valence-electron chi connectivity index (χ1n) is 3.75. The SMILES string of the molecule is COCOCc1c(F)cccc1Br. The monoisotopic (exact) mass is 248 g/mol. The van der Waals surface area contributed by atoms with Crippen LogP contribution < -0.4 is 0 Å². The summed E-state index contributed by atoms with van der Waals surface area (Å²) in [5.41, 5.74) is 0.513. The summed E-state index contributed by atoms with van der Waals surface area (Å²) >= 11 is 3.24. The maximum atomic E-state index is 13.1. The molecule has 0 aliphatic heterocycles. The van der Waals surface area contributed by atoms with Crippen molar-refractivity contribution in [2.24, 2.45) is 0 Å². The summed E-state index contributed by atoms with van der Waals surface area (Å²) in [5, 5.41) is 0. The van der Waals surface area contributed by atoms with Gasteiger partial charge in [-0.1, -0.05) is 22.0 Å². The van der Waals surface area contributed by atoms with Gasteiger partial charge in [0, 0.05) is 17.1 Å². The number of ether oxygens (including phenoxy) is 2. The molecular formula is C9H10BrFO2. The summed E-state index contributed by atoms with van der Waals surface area (Å²) in [4.78, 5) is 0. The molecule has 0 amide bonds. The zero-order valence-electron chi connectivity index (χ0n) is 7.22. The van der Waals surface area contributed by atoms with Gasteiger partial charge in [-0.05, 0) is 12.1 Å². The zero-order valence-corrected chi connectivity index (χ0v) is 8.80. The van der Waals surface area contributed by atoms with Crippen LogP contribution in [-0.4, -0.2) is 13.9 Å². The molecule has 1 aromatic carbocycles. The lowest BCUT2D eigenvalue weighted by Crippen LogP contribution is -1.99. The second-order valence-corrected chi connectivity index (χ2v) is 3.31. The first kappa shape index (κ1) is 10.6. The molecule has 4 heteroatoms. The zero-order chi connectivity index (χ0) is 9.68. The Morgan fingerprint density at radius 2 is 2.23 bits per heavy atom. The van der Waals surface area contributed by atoms with Crippen LogP contribution in [0.1, 0.15) is 5.56 Å². The number of hydrogen-bond donors (Lipinski definition) is 0. The minimum atomic E-state index is -0.273. The molecule has 0 heterocycles. The second-order valence-electron chi connectivity index (χ2n) is 2.46. The maximum Gasteiger partial charge on any atom is 0.146 e. The van der Waals surface area contributed by atoms with Gasteiger partial charge < -0.3 is 9.47 Å². The first-order valence-corrected chi connectivity index (χ1v) is 4.54. The predicted molar refractivity (Wildman–Crippen MR) is 50.8 cm³/mol. The van der Waals surface area contributed by atoms with E-state index in [2.05, 4.69) is 20.7 Å². The molecule has 13 heavy (non-hydrogen) atoms. The van der Waals surface area contributed by atoms with Crippen LogP contribution in [0.15, 0.2) is 22.7 Å². The predicted octanol–water partition coefficient (Wildman–Crippen LogP) is 2.71. The van der Waals surface area contributed by atoms with Crippen LogP contribution in [0.25, 0.3) is 0 Å². The summed E-state index contributed by atoms with van der Waals surface area (Å²) < 4.78 is 23.6. The maximum absolute atomic E-state index is 13.1. The molecule has 0 aromatic heterocycles. The van der Waals surface area contributed by atoms with Crippen molar-refractivity contribution in [3.8, 4) is 0 Å². The van der Waals surface area contributed by atoms with Crippen molar-refractivity contribution in [3.05, 3.63) is 34.1 Å². The number of benzene rings is 1. The highest BCUT2D eigenvalue weighted by atomic mass is 79.9. The molecule has 0 atom stereocenters. The molecule has 72 valence electrons. The normalized spacial score (nSPS) is 10.4. The van der Waals surface area contributed by atoms with Gasteiger partial charge in [-0.2, -0.15) is 0 Å². The third-order valence-electron chi connectivity index (χ3n) is 1.51. The Kier molecular flexibility index (Phi) is 4.35. The highest BCUT2D eigenvalue weighted by Crippen LogP contribution is 2.20. The summed E-state index contributed by atoms with van der Waals surface area (Å²) in [6.45, 7) is 0.377. The Balaban J connectivity index is 2.64. The van der Waals surface area contributed by atoms with Crippen molar-refractivity contribution < 1.29 is 13.9 Å². The molecule has 2 nitrogen and oxygen atoms in total. The first-order chi connectivity index (χ1) is 6.25. The van der Waals surface area contributed by atoms with E-state index in [4.69, 9.17) is 4.74 Å². The van der Waals surface area contributed by atoms with Crippen LogP contribution in [0.4, 0.5) is 4.39 Å². The van der Waals surface area contributed by atoms with Gasteiger partial charge in [0.1, 0.15) is 12.6 Å². The average molecular weight is 249 g/mol. The fourth-order valence-electron chi connectivity index (χ4n) is 0.897. The van der Waals surface area contributed by atoms with Gasteiger partial charge in [-0.3, -0.25) is 0 Å². The van der Waals surface area contributed by atoms with E-state index in [0.717, 1.165) is 0 Å². The molecule has 0 N–H and O–H groups in total. The molecule has 0 spiro atoms. The molecule has 0 aliphatic rings. The Hall–Kier alpha value is -0.450. The number of halogens is 2. The van der Waals surface area contributed by atoms with Gasteiger partial charge in [0.05, 0.1) is 6.61 Å². The molecule has 0 saturated heterocycles. The van der Waals surface area contributed by atoms with Crippen LogP contribution >= 0.6 is 15.9 Å². The van der Waals surface area contributed by atoms with Crippen LogP contribution in [0.3, 0.4) is 0 Å². The quantitative estimate of drug-likeness (QED) is 0.603. The van der Waals surface area contributed by atoms with E-state index >= 15 is 0 Å². The standard InChI is InChI=1S/C9H10BrFO2/c1-12-6-13-5-7-8(10)3-2-4-9(7)11/h2-4H,5-6H2,1H3. The van der Waals surface area contributed by atoms with E-state index in [-0.39, 0.29) is 19.2 Å². The smallest absolute Gasteiger partial charge is 0.146 e. The lowest BCUT2D eigenvalue weighted by molar-refractivity contribution is -0.0400. The van der Waals surface area contributed by atoms with Crippen LogP contribution in [-0.2, 0) is 16.1 Å². The molecule has 1 aromatic rings. The van der Waals surface area contributed by atoms with Crippen molar-refractivity contribution >= 4 is 15.9 Å². The summed E-state index contributed by atoms with van der Waals surface area (Å²) in [7, 11) is 1.52. The lowest BCUT2D eigenvalue weighted by atomic mass is 10.2. The van der Waals surface area contributed by atoms with E-state index in [1.165, 1.54) is 13.2 Å². The van der Waals surface area contributed by atoms with Crippen LogP contribution in [0, 0.1) is 5.82 Å². The van der Waals surface area contributed by atoms with Gasteiger partial charge in [-0.15, -0.1) is 0 Å². The van der Waals surface area contributed by atoms with Gasteiger partial charge in [0.15, 0.2) is 0 Å². The van der Waals surface area contributed by atoms with Gasteiger partial charge in [-0.25, -0.2) is 4.39 Å². The Labute approximate surface area is 84.8 Å². The van der Waals surface area contributed by atoms with Crippen LogP contribution in [0.5, 0.6) is 0 Å². The Morgan fingerprint density at radius 1 is 1.46 bits per heavy atom. The molecule has 0 saturated carbocycles. The van der Waals surface area contributed by atoms with Gasteiger partial charge in [0.25, 0.3) is 0 Å². The minimum absolute atomic E-state index is 0.167. The highest BCUT2D eigenvalue weighted by molar-refractivity contribution is 9.10. The minimum Gasteiger partial charge on any atom is -0.359 e. The third-order valence-corrected chi connectivity index (χ3v) is 2.25. The fraction of sp³-hybridized carbons (Fsp3) is 0.333. The topological polar surface area (TPSA) is 18.5 Å². The second kappa shape index (κ2) is 5.32. The molecular weight excluding hydrogens is 239 g/mol. The van der Waals surface area contributed by atoms with Gasteiger partial charge in [0.2, 0.25) is 0 Å². The summed E-state index contributed by atoms with van der Waals surface area (Å²) in [5.74, 6) is -0.273. The fourth-order valence-corrected chi connectivity index (χ4v) is 1.35. The van der Waals surface area contributed by atoms with Crippen molar-refractivity contribution in [2.45, 2.75) is 6.61 Å². The molecule has 0 bridgehead atoms. The van der Waals surface area contributed by atoms with E-state index in [1.807, 2.05) is 0 Å². The lowest BCUT2D eigenvalue weighted by Gasteiger charge is -2.06. The van der Waals surface area contributed by atoms with Crippen molar-refractivity contribution in [3.63, 3.8) is 0 Å². The van der Waals surface area contributed by atoms with E-state index < -0.39 is 0 Å². The van der Waals surface area contributed by atoms with E-state index in [9.17, 15) is 4.39 Å². The summed E-state index contributed by atoms with van der Waals surface area (Å²) in [6.07, 6.45) is 0.